The zero-order valence-corrected chi connectivity index (χ0v) is 8.65. The molecule has 4 nitrogen and oxygen atoms in total. The van der Waals surface area contributed by atoms with Gasteiger partial charge in [-0.1, -0.05) is 17.3 Å². The van der Waals surface area contributed by atoms with Gasteiger partial charge in [-0.3, -0.25) is 0 Å². The van der Waals surface area contributed by atoms with Gasteiger partial charge in [-0.05, 0) is 12.1 Å². The van der Waals surface area contributed by atoms with Crippen LogP contribution in [0.5, 0.6) is 0 Å². The first-order valence-corrected chi connectivity index (χ1v) is 4.38. The Labute approximate surface area is 94.3 Å². The fraction of sp³-hybridized carbons (Fsp3) is 0.200. The molecule has 0 unspecified atom stereocenters. The van der Waals surface area contributed by atoms with E-state index in [-0.39, 0.29) is 11.1 Å². The van der Waals surface area contributed by atoms with Gasteiger partial charge < -0.3 is 9.94 Å². The molecule has 0 saturated heterocycles. The Morgan fingerprint density at radius 3 is 2.06 bits per heavy atom. The lowest BCUT2D eigenvalue weighted by molar-refractivity contribution is -0.0601. The monoisotopic (exact) mass is 247 g/mol. The molecule has 7 heteroatoms. The quantitative estimate of drug-likeness (QED) is 0.377. The van der Waals surface area contributed by atoms with E-state index in [1.165, 1.54) is 0 Å². The summed E-state index contributed by atoms with van der Waals surface area (Å²) < 4.78 is 41.4. The van der Waals surface area contributed by atoms with E-state index >= 15 is 0 Å². The number of rotatable bonds is 2. The van der Waals surface area contributed by atoms with Crippen LogP contribution >= 0.6 is 0 Å². The third-order valence-corrected chi connectivity index (χ3v) is 1.95. The number of oxime groups is 1. The molecule has 1 N–H and O–H groups in total. The maximum absolute atomic E-state index is 12.3. The van der Waals surface area contributed by atoms with Crippen LogP contribution in [0.25, 0.3) is 0 Å². The van der Waals surface area contributed by atoms with Crippen LogP contribution in [0.1, 0.15) is 15.9 Å². The predicted molar refractivity (Wildman–Crippen MR) is 52.2 cm³/mol. The highest BCUT2D eigenvalue weighted by Gasteiger charge is 2.37. The van der Waals surface area contributed by atoms with Crippen molar-refractivity contribution < 1.29 is 27.9 Å². The smallest absolute Gasteiger partial charge is 0.437 e. The first-order chi connectivity index (χ1) is 7.90. The van der Waals surface area contributed by atoms with E-state index in [1.807, 2.05) is 0 Å². The van der Waals surface area contributed by atoms with Crippen molar-refractivity contribution in [2.45, 2.75) is 6.18 Å². The molecule has 0 heterocycles. The van der Waals surface area contributed by atoms with Gasteiger partial charge in [-0.15, -0.1) is 0 Å². The second kappa shape index (κ2) is 4.86. The topological polar surface area (TPSA) is 58.9 Å². The molecule has 17 heavy (non-hydrogen) atoms. The molecule has 0 aromatic heterocycles. The Morgan fingerprint density at radius 2 is 1.71 bits per heavy atom. The molecule has 0 bridgehead atoms. The maximum atomic E-state index is 12.3. The van der Waals surface area contributed by atoms with Crippen molar-refractivity contribution in [2.75, 3.05) is 7.11 Å². The van der Waals surface area contributed by atoms with Crippen LogP contribution in [0.4, 0.5) is 13.2 Å². The fourth-order valence-corrected chi connectivity index (χ4v) is 1.16. The predicted octanol–water partition coefficient (Wildman–Crippen LogP) is 2.21. The van der Waals surface area contributed by atoms with E-state index in [9.17, 15) is 18.0 Å². The number of halogens is 3. The number of benzene rings is 1. The second-order valence-corrected chi connectivity index (χ2v) is 3.02. The molecular weight excluding hydrogens is 239 g/mol. The van der Waals surface area contributed by atoms with Crippen molar-refractivity contribution in [1.82, 2.24) is 0 Å². The van der Waals surface area contributed by atoms with Crippen LogP contribution in [0, 0.1) is 0 Å². The highest BCUT2D eigenvalue weighted by atomic mass is 19.4. The molecule has 0 aliphatic heterocycles. The molecule has 0 aliphatic rings. The van der Waals surface area contributed by atoms with E-state index in [4.69, 9.17) is 5.21 Å². The van der Waals surface area contributed by atoms with Gasteiger partial charge in [-0.25, -0.2) is 4.79 Å². The highest BCUT2D eigenvalue weighted by Crippen LogP contribution is 2.22. The molecular formula is C10H8F3NO3. The standard InChI is InChI=1S/C10H8F3NO3/c1-17-9(15)7-4-2-6(3-5-7)8(14-16)10(11,12)13/h2-5,16H,1H3. The number of methoxy groups -OCH3 is 1. The van der Waals surface area contributed by atoms with Crippen molar-refractivity contribution in [2.24, 2.45) is 5.16 Å². The minimum Gasteiger partial charge on any atom is -0.465 e. The van der Waals surface area contributed by atoms with Gasteiger partial charge in [0.1, 0.15) is 0 Å². The summed E-state index contributed by atoms with van der Waals surface area (Å²) >= 11 is 0. The zero-order valence-electron chi connectivity index (χ0n) is 8.65. The molecule has 0 saturated carbocycles. The summed E-state index contributed by atoms with van der Waals surface area (Å²) in [4.78, 5) is 11.0. The van der Waals surface area contributed by atoms with Gasteiger partial charge in [0, 0.05) is 5.56 Å². The largest absolute Gasteiger partial charge is 0.465 e. The van der Waals surface area contributed by atoms with Gasteiger partial charge in [0.05, 0.1) is 12.7 Å². The van der Waals surface area contributed by atoms with E-state index in [0.717, 1.165) is 31.4 Å². The molecule has 1 aromatic rings. The molecule has 92 valence electrons. The number of hydrogen-bond donors (Lipinski definition) is 1. The highest BCUT2D eigenvalue weighted by molar-refractivity contribution is 6.04. The van der Waals surface area contributed by atoms with Crippen LogP contribution in [0.3, 0.4) is 0 Å². The second-order valence-electron chi connectivity index (χ2n) is 3.02. The fourth-order valence-electron chi connectivity index (χ4n) is 1.16. The van der Waals surface area contributed by atoms with Crippen molar-refractivity contribution >= 4 is 11.7 Å². The van der Waals surface area contributed by atoms with E-state index in [1.54, 1.807) is 0 Å². The Hall–Kier alpha value is -2.05. The van der Waals surface area contributed by atoms with Crippen LogP contribution < -0.4 is 0 Å². The van der Waals surface area contributed by atoms with Gasteiger partial charge in [0.25, 0.3) is 0 Å². The lowest BCUT2D eigenvalue weighted by Crippen LogP contribution is -2.24. The Bertz CT molecular complexity index is 437. The minimum atomic E-state index is -4.76. The van der Waals surface area contributed by atoms with Crippen molar-refractivity contribution in [3.63, 3.8) is 0 Å². The number of esters is 1. The van der Waals surface area contributed by atoms with Gasteiger partial charge in [0.15, 0.2) is 5.71 Å². The maximum Gasteiger partial charge on any atom is 0.437 e. The van der Waals surface area contributed by atoms with Crippen molar-refractivity contribution in [3.05, 3.63) is 35.4 Å². The zero-order chi connectivity index (χ0) is 13.1. The van der Waals surface area contributed by atoms with Crippen molar-refractivity contribution in [3.8, 4) is 0 Å². The first kappa shape index (κ1) is 13.0. The average molecular weight is 247 g/mol. The third kappa shape index (κ3) is 2.96. The molecule has 0 radical (unpaired) electrons. The average Bonchev–Trinajstić information content (AvgIpc) is 2.28. The number of ether oxygens (including phenoxy) is 1. The lowest BCUT2D eigenvalue weighted by atomic mass is 10.1. The Balaban J connectivity index is 3.06. The number of nitrogens with zero attached hydrogens (tertiary/aromatic N) is 1. The molecule has 1 aromatic carbocycles. The SMILES string of the molecule is COC(=O)c1ccc(C(=NO)C(F)(F)F)cc1. The number of carbonyl (C=O) groups is 1. The summed E-state index contributed by atoms with van der Waals surface area (Å²) in [5, 5.41) is 10.5. The lowest BCUT2D eigenvalue weighted by Gasteiger charge is -2.08. The summed E-state index contributed by atoms with van der Waals surface area (Å²) in [6, 6.07) is 4.35. The summed E-state index contributed by atoms with van der Waals surface area (Å²) in [7, 11) is 1.16. The summed E-state index contributed by atoms with van der Waals surface area (Å²) in [5.41, 5.74) is -1.66. The third-order valence-electron chi connectivity index (χ3n) is 1.95. The number of carbonyl (C=O) groups excluding carboxylic acids is 1. The van der Waals surface area contributed by atoms with Crippen LogP contribution in [-0.2, 0) is 4.74 Å². The van der Waals surface area contributed by atoms with E-state index in [2.05, 4.69) is 9.89 Å². The summed E-state index contributed by atoms with van der Waals surface area (Å²) in [5.74, 6) is -0.661. The number of alkyl halides is 3. The minimum absolute atomic E-state index is 0.107. The van der Waals surface area contributed by atoms with Gasteiger partial charge >= 0.3 is 12.1 Å². The Morgan fingerprint density at radius 1 is 1.24 bits per heavy atom. The van der Waals surface area contributed by atoms with Crippen LogP contribution in [-0.4, -0.2) is 30.2 Å². The molecule has 0 amide bonds. The Kier molecular flexibility index (Phi) is 3.72. The number of hydrogen-bond acceptors (Lipinski definition) is 4. The summed E-state index contributed by atoms with van der Waals surface area (Å²) in [6.45, 7) is 0. The van der Waals surface area contributed by atoms with Crippen LogP contribution in [0.15, 0.2) is 29.4 Å². The van der Waals surface area contributed by atoms with Gasteiger partial charge in [0.2, 0.25) is 0 Å². The van der Waals surface area contributed by atoms with Gasteiger partial charge in [-0.2, -0.15) is 13.2 Å². The molecule has 0 spiro atoms. The molecule has 0 fully saturated rings. The summed E-state index contributed by atoms with van der Waals surface area (Å²) in [6.07, 6.45) is -4.76. The molecule has 0 aliphatic carbocycles. The van der Waals surface area contributed by atoms with E-state index in [0.29, 0.717) is 0 Å². The molecule has 0 atom stereocenters. The molecule has 1 rings (SSSR count). The van der Waals surface area contributed by atoms with Crippen molar-refractivity contribution in [1.29, 1.82) is 0 Å². The normalized spacial score (nSPS) is 12.4. The van der Waals surface area contributed by atoms with E-state index < -0.39 is 17.9 Å². The first-order valence-electron chi connectivity index (χ1n) is 4.38. The van der Waals surface area contributed by atoms with Crippen LogP contribution in [0.2, 0.25) is 0 Å².